The van der Waals surface area contributed by atoms with Gasteiger partial charge in [-0.1, -0.05) is 0 Å². The molecule has 48 heavy (non-hydrogen) atoms. The second-order valence-corrected chi connectivity index (χ2v) is 21.0. The number of hydrogen-bond donors (Lipinski definition) is 1. The molecule has 10 radical (unpaired) electrons. The van der Waals surface area contributed by atoms with Gasteiger partial charge in [-0.2, -0.15) is 13.5 Å². The van der Waals surface area contributed by atoms with Crippen molar-refractivity contribution >= 4 is 22.5 Å². The van der Waals surface area contributed by atoms with E-state index in [9.17, 15) is 0 Å². The molecule has 5 saturated heterocycles. The van der Waals surface area contributed by atoms with E-state index in [1.54, 1.807) is 0 Å². The first-order chi connectivity index (χ1) is 23.2. The van der Waals surface area contributed by atoms with Gasteiger partial charge in [0.15, 0.2) is 0 Å². The topological polar surface area (TPSA) is 102 Å². The molecule has 0 amide bonds. The van der Waals surface area contributed by atoms with Crippen LogP contribution in [0.25, 0.3) is 0 Å². The zero-order valence-corrected chi connectivity index (χ0v) is 31.7. The molecule has 1 unspecified atom stereocenters. The van der Waals surface area contributed by atoms with Gasteiger partial charge in [-0.15, -0.1) is 0 Å². The van der Waals surface area contributed by atoms with Crippen LogP contribution in [0.4, 0.5) is 0 Å². The first-order valence-electron chi connectivity index (χ1n) is 17.3. The van der Waals surface area contributed by atoms with Gasteiger partial charge in [0, 0.05) is 72.0 Å². The normalized spacial score (nSPS) is 33.0. The quantitative estimate of drug-likeness (QED) is 0.312. The molecule has 0 aromatic carbocycles. The van der Waals surface area contributed by atoms with Crippen molar-refractivity contribution < 1.29 is 36.0 Å². The maximum absolute atomic E-state index is 6.18. The third-order valence-electron chi connectivity index (χ3n) is 9.41. The molecule has 13 nitrogen and oxygen atoms in total. The molecule has 17 heteroatoms. The van der Waals surface area contributed by atoms with E-state index in [0.29, 0.717) is 52.9 Å². The van der Waals surface area contributed by atoms with E-state index < -0.39 is 22.5 Å². The van der Waals surface area contributed by atoms with E-state index in [-0.39, 0.29) is 17.1 Å². The van der Waals surface area contributed by atoms with E-state index in [4.69, 9.17) is 32.5 Å². The van der Waals surface area contributed by atoms with Crippen LogP contribution >= 0.6 is 22.5 Å². The molecular weight excluding hydrogens is 711 g/mol. The summed E-state index contributed by atoms with van der Waals surface area (Å²) >= 11 is 0. The molecule has 7 fully saturated rings. The smallest absolute Gasteiger partial charge is 0.379 e. The molecule has 1 spiro atoms. The number of hydrogen-bond acceptors (Lipinski definition) is 13. The average Bonchev–Trinajstić information content (AvgIpc) is 3.88. The molecule has 2 saturated carbocycles. The van der Waals surface area contributed by atoms with Gasteiger partial charge in [0.2, 0.25) is 22.5 Å². The summed E-state index contributed by atoms with van der Waals surface area (Å²) in [5, 5.41) is 4.09. The number of rotatable bonds is 6. The predicted octanol–water partition coefficient (Wildman–Crippen LogP) is 4.28. The van der Waals surface area contributed by atoms with Crippen LogP contribution in [0.3, 0.4) is 0 Å². The van der Waals surface area contributed by atoms with Crippen molar-refractivity contribution in [3.05, 3.63) is 63.7 Å². The Morgan fingerprint density at radius 1 is 0.521 bits per heavy atom. The summed E-state index contributed by atoms with van der Waals surface area (Å²) in [5.41, 5.74) is 0. The van der Waals surface area contributed by atoms with Crippen molar-refractivity contribution in [3.8, 4) is 0 Å². The first kappa shape index (κ1) is 38.5. The molecule has 266 valence electrons. The SMILES string of the molecule is [CH]1[CH][CH][CH][CH]1.[CH]1[CH][CH][C](CN2CCCCNP23=NP(N2CCOCC2)(N2CCOCC2)=NP(N2CCOCC2)(N2CCOCC2)=N3)[CH]1.[Fe+2]. The van der Waals surface area contributed by atoms with Crippen LogP contribution in [0.15, 0.2) is 13.5 Å². The van der Waals surface area contributed by atoms with Crippen molar-refractivity contribution in [1.29, 1.82) is 0 Å². The van der Waals surface area contributed by atoms with Gasteiger partial charge >= 0.3 is 17.1 Å². The second kappa shape index (κ2) is 18.7. The number of nitrogens with zero attached hydrogens (tertiary/aromatic N) is 8. The molecule has 0 bridgehead atoms. The minimum Gasteiger partial charge on any atom is -0.379 e. The Kier molecular flexibility index (Phi) is 15.0. The van der Waals surface area contributed by atoms with Crippen molar-refractivity contribution in [2.45, 2.75) is 12.8 Å². The van der Waals surface area contributed by atoms with Crippen molar-refractivity contribution in [2.75, 3.05) is 125 Å². The maximum Gasteiger partial charge on any atom is 2.00 e. The Morgan fingerprint density at radius 2 is 0.938 bits per heavy atom. The molecule has 2 aliphatic carbocycles. The van der Waals surface area contributed by atoms with E-state index in [2.05, 4.69) is 54.1 Å². The molecule has 6 heterocycles. The average molecular weight is 764 g/mol. The Morgan fingerprint density at radius 3 is 1.38 bits per heavy atom. The number of morpholine rings is 4. The summed E-state index contributed by atoms with van der Waals surface area (Å²) in [7, 11) is -7.75. The van der Waals surface area contributed by atoms with Gasteiger partial charge in [-0.05, 0) is 76.5 Å². The minimum absolute atomic E-state index is 0. The Labute approximate surface area is 301 Å². The zero-order chi connectivity index (χ0) is 31.8. The Hall–Kier alpha value is 0.809. The van der Waals surface area contributed by atoms with E-state index in [1.807, 2.05) is 32.1 Å². The molecule has 0 aromatic rings. The third-order valence-corrected chi connectivity index (χ3v) is 21.7. The molecule has 8 aliphatic rings. The largest absolute Gasteiger partial charge is 2.00 e. The maximum atomic E-state index is 6.18. The summed E-state index contributed by atoms with van der Waals surface area (Å²) in [6, 6.07) is 0. The van der Waals surface area contributed by atoms with Crippen molar-refractivity contribution in [1.82, 2.24) is 28.4 Å². The summed E-state index contributed by atoms with van der Waals surface area (Å²) in [6.07, 6.45) is 21.0. The molecule has 1 N–H and O–H groups in total. The van der Waals surface area contributed by atoms with Crippen molar-refractivity contribution in [2.24, 2.45) is 13.5 Å². The molecule has 8 rings (SSSR count). The van der Waals surface area contributed by atoms with Gasteiger partial charge in [0.1, 0.15) is 0 Å². The standard InChI is InChI=1S/C26H47N9O4P3.C5H5.Fe/c1-2-6-26(5-1)25-35-8-4-3-7-27-40(35)28-41(31-9-17-36-18-10-31,32-11-19-37-20-12-32)30-42(29-40,33-13-21-38-22-14-33)34-15-23-39-24-16-34;1-2-4-5-3-1;/h1-2,5-6,27H,3-4,7-25H2;1-5H;/q;;+2. The minimum atomic E-state index is -2.58. The zero-order valence-electron chi connectivity index (χ0n) is 28.0. The monoisotopic (exact) mass is 763 g/mol. The van der Waals surface area contributed by atoms with E-state index in [1.165, 1.54) is 5.92 Å². The van der Waals surface area contributed by atoms with Crippen LogP contribution < -0.4 is 5.09 Å². The second-order valence-electron chi connectivity index (χ2n) is 12.4. The van der Waals surface area contributed by atoms with E-state index >= 15 is 0 Å². The van der Waals surface area contributed by atoms with Gasteiger partial charge in [-0.25, -0.2) is 23.4 Å². The molecule has 0 aromatic heterocycles. The van der Waals surface area contributed by atoms with Crippen LogP contribution in [-0.4, -0.2) is 148 Å². The number of nitrogens with one attached hydrogen (secondary N) is 1. The molecule has 1 atom stereocenters. The van der Waals surface area contributed by atoms with Crippen LogP contribution in [0.2, 0.25) is 0 Å². The third kappa shape index (κ3) is 8.77. The summed E-state index contributed by atoms with van der Waals surface area (Å²) in [4.78, 5) is 0. The fraction of sp³-hybridized carbons (Fsp3) is 0.677. The molecular formula is C31H52FeN9O4P3+2. The fourth-order valence-corrected chi connectivity index (χ4v) is 22.3. The van der Waals surface area contributed by atoms with Gasteiger partial charge in [0.05, 0.1) is 52.9 Å². The van der Waals surface area contributed by atoms with Gasteiger partial charge in [0.25, 0.3) is 0 Å². The Balaban J connectivity index is 0.000000615. The van der Waals surface area contributed by atoms with Crippen LogP contribution in [0, 0.1) is 63.7 Å². The van der Waals surface area contributed by atoms with Crippen LogP contribution in [-0.2, 0) is 36.0 Å². The fourth-order valence-electron chi connectivity index (χ4n) is 6.94. The first-order valence-corrected chi connectivity index (χ1v) is 22.2. The van der Waals surface area contributed by atoms with Crippen molar-refractivity contribution in [3.63, 3.8) is 0 Å². The van der Waals surface area contributed by atoms with E-state index in [0.717, 1.165) is 84.8 Å². The van der Waals surface area contributed by atoms with Gasteiger partial charge in [-0.3, -0.25) is 5.09 Å². The summed E-state index contributed by atoms with van der Waals surface area (Å²) in [6.45, 7) is 15.2. The van der Waals surface area contributed by atoms with Gasteiger partial charge < -0.3 is 18.9 Å². The summed E-state index contributed by atoms with van der Waals surface area (Å²) in [5.74, 6) is 1.33. The Bertz CT molecular complexity index is 1080. The summed E-state index contributed by atoms with van der Waals surface area (Å²) < 4.78 is 55.2. The number of ether oxygens (including phenoxy) is 4. The predicted molar refractivity (Wildman–Crippen MR) is 188 cm³/mol. The van der Waals surface area contributed by atoms with Crippen LogP contribution in [0.1, 0.15) is 12.8 Å². The molecule has 6 aliphatic heterocycles. The van der Waals surface area contributed by atoms with Crippen LogP contribution in [0.5, 0.6) is 0 Å².